The number of carbonyl (C=O) groups is 1. The number of carbonyl (C=O) groups excluding carboxylic acids is 1. The third-order valence-electron chi connectivity index (χ3n) is 2.95. The Morgan fingerprint density at radius 3 is 2.90 bits per heavy atom. The molecule has 3 rings (SSSR count). The van der Waals surface area contributed by atoms with Crippen LogP contribution in [0.5, 0.6) is 0 Å². The molecule has 0 atom stereocenters. The Hall–Kier alpha value is -2.62. The summed E-state index contributed by atoms with van der Waals surface area (Å²) in [6.07, 6.45) is 1.58. The lowest BCUT2D eigenvalue weighted by molar-refractivity contribution is 0.0526. The minimum absolute atomic E-state index is 0.348. The maximum atomic E-state index is 11.7. The van der Waals surface area contributed by atoms with E-state index in [-0.39, 0.29) is 5.97 Å². The molecule has 0 amide bonds. The van der Waals surface area contributed by atoms with Crippen LogP contribution >= 0.6 is 0 Å². The molecule has 4 nitrogen and oxygen atoms in total. The number of hydrogen-bond acceptors (Lipinski definition) is 4. The molecule has 0 aliphatic rings. The van der Waals surface area contributed by atoms with Crippen molar-refractivity contribution < 1.29 is 13.9 Å². The van der Waals surface area contributed by atoms with Crippen molar-refractivity contribution in [1.82, 2.24) is 4.98 Å². The van der Waals surface area contributed by atoms with Crippen LogP contribution < -0.4 is 0 Å². The highest BCUT2D eigenvalue weighted by atomic mass is 16.5. The smallest absolute Gasteiger partial charge is 0.338 e. The summed E-state index contributed by atoms with van der Waals surface area (Å²) < 4.78 is 10.7. The van der Waals surface area contributed by atoms with Gasteiger partial charge in [0.25, 0.3) is 0 Å². The summed E-state index contributed by atoms with van der Waals surface area (Å²) in [6, 6.07) is 12.9. The van der Waals surface area contributed by atoms with Crippen molar-refractivity contribution in [2.24, 2.45) is 0 Å². The predicted octanol–water partition coefficient (Wildman–Crippen LogP) is 3.67. The van der Waals surface area contributed by atoms with Gasteiger partial charge in [-0.05, 0) is 31.2 Å². The zero-order chi connectivity index (χ0) is 13.9. The van der Waals surface area contributed by atoms with Gasteiger partial charge in [-0.2, -0.15) is 0 Å². The summed E-state index contributed by atoms with van der Waals surface area (Å²) in [4.78, 5) is 16.0. The van der Waals surface area contributed by atoms with E-state index in [0.29, 0.717) is 23.6 Å². The molecule has 0 saturated heterocycles. The SMILES string of the molecule is CCOC(=O)c1ccnc(-c2cc3ccccc3o2)c1. The fraction of sp³-hybridized carbons (Fsp3) is 0.125. The van der Waals surface area contributed by atoms with Gasteiger partial charge in [0.15, 0.2) is 5.76 Å². The van der Waals surface area contributed by atoms with Gasteiger partial charge in [0.05, 0.1) is 12.2 Å². The van der Waals surface area contributed by atoms with Gasteiger partial charge in [0, 0.05) is 11.6 Å². The first-order chi connectivity index (χ1) is 9.78. The van der Waals surface area contributed by atoms with Crippen molar-refractivity contribution in [1.29, 1.82) is 0 Å². The van der Waals surface area contributed by atoms with E-state index in [9.17, 15) is 4.79 Å². The highest BCUT2D eigenvalue weighted by Gasteiger charge is 2.11. The van der Waals surface area contributed by atoms with Gasteiger partial charge in [-0.25, -0.2) is 4.79 Å². The van der Waals surface area contributed by atoms with Crippen LogP contribution in [0.1, 0.15) is 17.3 Å². The second kappa shape index (κ2) is 5.17. The molecule has 2 aromatic heterocycles. The molecule has 0 fully saturated rings. The molecule has 2 heterocycles. The fourth-order valence-electron chi connectivity index (χ4n) is 2.01. The van der Waals surface area contributed by atoms with Crippen LogP contribution in [0.3, 0.4) is 0 Å². The Morgan fingerprint density at radius 2 is 2.10 bits per heavy atom. The number of ether oxygens (including phenoxy) is 1. The zero-order valence-corrected chi connectivity index (χ0v) is 11.0. The highest BCUT2D eigenvalue weighted by Crippen LogP contribution is 2.26. The van der Waals surface area contributed by atoms with Crippen LogP contribution in [-0.2, 0) is 4.74 Å². The quantitative estimate of drug-likeness (QED) is 0.679. The van der Waals surface area contributed by atoms with E-state index >= 15 is 0 Å². The lowest BCUT2D eigenvalue weighted by Gasteiger charge is -2.02. The molecule has 100 valence electrons. The number of nitrogens with zero attached hydrogens (tertiary/aromatic N) is 1. The Labute approximate surface area is 116 Å². The van der Waals surface area contributed by atoms with Gasteiger partial charge < -0.3 is 9.15 Å². The fourth-order valence-corrected chi connectivity index (χ4v) is 2.01. The van der Waals surface area contributed by atoms with Crippen molar-refractivity contribution in [3.63, 3.8) is 0 Å². The molecule has 0 spiro atoms. The van der Waals surface area contributed by atoms with E-state index in [0.717, 1.165) is 11.0 Å². The number of aromatic nitrogens is 1. The predicted molar refractivity (Wildman–Crippen MR) is 75.4 cm³/mol. The largest absolute Gasteiger partial charge is 0.462 e. The van der Waals surface area contributed by atoms with Gasteiger partial charge in [0.1, 0.15) is 11.3 Å². The number of para-hydroxylation sites is 1. The summed E-state index contributed by atoms with van der Waals surface area (Å²) in [5, 5.41) is 1.01. The van der Waals surface area contributed by atoms with E-state index in [1.165, 1.54) is 0 Å². The van der Waals surface area contributed by atoms with E-state index in [1.54, 1.807) is 25.3 Å². The second-order valence-electron chi connectivity index (χ2n) is 4.30. The molecule has 0 radical (unpaired) electrons. The lowest BCUT2D eigenvalue weighted by atomic mass is 10.2. The molecule has 0 bridgehead atoms. The van der Waals surface area contributed by atoms with Gasteiger partial charge in [-0.1, -0.05) is 18.2 Å². The number of furan rings is 1. The monoisotopic (exact) mass is 267 g/mol. The molecule has 3 aromatic rings. The molecule has 0 aliphatic heterocycles. The standard InChI is InChI=1S/C16H13NO3/c1-2-19-16(18)12-7-8-17-13(9-12)15-10-11-5-3-4-6-14(11)20-15/h3-10H,2H2,1H3. The maximum absolute atomic E-state index is 11.7. The van der Waals surface area contributed by atoms with Crippen molar-refractivity contribution in [2.75, 3.05) is 6.61 Å². The normalized spacial score (nSPS) is 10.7. The number of fused-ring (bicyclic) bond motifs is 1. The van der Waals surface area contributed by atoms with Gasteiger partial charge in [-0.15, -0.1) is 0 Å². The van der Waals surface area contributed by atoms with E-state index in [4.69, 9.17) is 9.15 Å². The Kier molecular flexibility index (Phi) is 3.21. The van der Waals surface area contributed by atoms with Crippen LogP contribution in [0.25, 0.3) is 22.4 Å². The summed E-state index contributed by atoms with van der Waals surface area (Å²) >= 11 is 0. The topological polar surface area (TPSA) is 52.3 Å². The number of hydrogen-bond donors (Lipinski definition) is 0. The second-order valence-corrected chi connectivity index (χ2v) is 4.30. The molecule has 1 aromatic carbocycles. The third kappa shape index (κ3) is 2.28. The molecule has 4 heteroatoms. The molecule has 0 saturated carbocycles. The average molecular weight is 267 g/mol. The molecule has 0 unspecified atom stereocenters. The molecular formula is C16H13NO3. The van der Waals surface area contributed by atoms with Gasteiger partial charge in [-0.3, -0.25) is 4.98 Å². The summed E-state index contributed by atoms with van der Waals surface area (Å²) in [7, 11) is 0. The zero-order valence-electron chi connectivity index (χ0n) is 11.0. The van der Waals surface area contributed by atoms with Crippen LogP contribution in [0.4, 0.5) is 0 Å². The van der Waals surface area contributed by atoms with E-state index < -0.39 is 0 Å². The first kappa shape index (κ1) is 12.4. The van der Waals surface area contributed by atoms with E-state index in [1.807, 2.05) is 30.3 Å². The van der Waals surface area contributed by atoms with Gasteiger partial charge in [0.2, 0.25) is 0 Å². The summed E-state index contributed by atoms with van der Waals surface area (Å²) in [5.41, 5.74) is 1.88. The number of pyridine rings is 1. The van der Waals surface area contributed by atoms with Crippen LogP contribution in [-0.4, -0.2) is 17.6 Å². The van der Waals surface area contributed by atoms with E-state index in [2.05, 4.69) is 4.98 Å². The summed E-state index contributed by atoms with van der Waals surface area (Å²) in [5.74, 6) is 0.282. The van der Waals surface area contributed by atoms with Crippen molar-refractivity contribution in [3.8, 4) is 11.5 Å². The van der Waals surface area contributed by atoms with Crippen molar-refractivity contribution in [2.45, 2.75) is 6.92 Å². The van der Waals surface area contributed by atoms with Crippen LogP contribution in [0, 0.1) is 0 Å². The third-order valence-corrected chi connectivity index (χ3v) is 2.95. The molecule has 0 N–H and O–H groups in total. The first-order valence-corrected chi connectivity index (χ1v) is 6.40. The van der Waals surface area contributed by atoms with Gasteiger partial charge >= 0.3 is 5.97 Å². The lowest BCUT2D eigenvalue weighted by Crippen LogP contribution is -2.04. The summed E-state index contributed by atoms with van der Waals surface area (Å²) in [6.45, 7) is 2.13. The minimum Gasteiger partial charge on any atom is -0.462 e. The molecule has 0 aliphatic carbocycles. The number of esters is 1. The Bertz CT molecular complexity index is 728. The molecular weight excluding hydrogens is 254 g/mol. The minimum atomic E-state index is -0.354. The highest BCUT2D eigenvalue weighted by molar-refractivity contribution is 5.91. The molecule has 20 heavy (non-hydrogen) atoms. The Morgan fingerprint density at radius 1 is 1.25 bits per heavy atom. The Balaban J connectivity index is 2.01. The number of benzene rings is 1. The van der Waals surface area contributed by atoms with Crippen LogP contribution in [0.15, 0.2) is 53.1 Å². The average Bonchev–Trinajstić information content (AvgIpc) is 2.91. The number of rotatable bonds is 3. The van der Waals surface area contributed by atoms with Crippen LogP contribution in [0.2, 0.25) is 0 Å². The maximum Gasteiger partial charge on any atom is 0.338 e. The van der Waals surface area contributed by atoms with Crippen molar-refractivity contribution >= 4 is 16.9 Å². The van der Waals surface area contributed by atoms with Crippen molar-refractivity contribution in [3.05, 3.63) is 54.2 Å². The first-order valence-electron chi connectivity index (χ1n) is 6.40.